The Labute approximate surface area is 102 Å². The summed E-state index contributed by atoms with van der Waals surface area (Å²) in [6, 6.07) is 6.37. The van der Waals surface area contributed by atoms with Gasteiger partial charge in [0.05, 0.1) is 11.6 Å². The second-order valence-electron chi connectivity index (χ2n) is 4.16. The minimum atomic E-state index is 0.397. The van der Waals surface area contributed by atoms with Crippen molar-refractivity contribution in [3.05, 3.63) is 28.8 Å². The molecule has 1 aliphatic heterocycles. The average molecular weight is 240 g/mol. The van der Waals surface area contributed by atoms with E-state index < -0.39 is 0 Å². The molecular weight excluding hydrogens is 222 g/mol. The van der Waals surface area contributed by atoms with Gasteiger partial charge in [0.2, 0.25) is 0 Å². The van der Waals surface area contributed by atoms with Crippen LogP contribution in [0.3, 0.4) is 0 Å². The van der Waals surface area contributed by atoms with E-state index in [4.69, 9.17) is 16.3 Å². The zero-order valence-electron chi connectivity index (χ0n) is 9.63. The first-order chi connectivity index (χ1) is 7.83. The molecule has 0 amide bonds. The third-order valence-corrected chi connectivity index (χ3v) is 3.24. The van der Waals surface area contributed by atoms with E-state index in [0.717, 1.165) is 30.3 Å². The van der Waals surface area contributed by atoms with Gasteiger partial charge in [0.15, 0.2) is 0 Å². The number of ether oxygens (including phenoxy) is 1. The van der Waals surface area contributed by atoms with Crippen LogP contribution in [0.4, 0.5) is 0 Å². The molecule has 0 fully saturated rings. The number of hydrogen-bond acceptors (Lipinski definition) is 2. The summed E-state index contributed by atoms with van der Waals surface area (Å²) in [5, 5.41) is 4.29. The number of fused-ring (bicyclic) bond motifs is 1. The second-order valence-corrected chi connectivity index (χ2v) is 4.56. The Morgan fingerprint density at radius 1 is 1.50 bits per heavy atom. The van der Waals surface area contributed by atoms with Gasteiger partial charge in [-0.15, -0.1) is 0 Å². The SMILES string of the molecule is CCCCNC1CCOc2c(Cl)cccc21. The predicted molar refractivity (Wildman–Crippen MR) is 67.2 cm³/mol. The van der Waals surface area contributed by atoms with Gasteiger partial charge in [-0.05, 0) is 19.0 Å². The molecule has 0 aliphatic carbocycles. The molecule has 0 radical (unpaired) electrons. The van der Waals surface area contributed by atoms with Crippen molar-refractivity contribution in [2.24, 2.45) is 0 Å². The molecule has 88 valence electrons. The molecule has 1 aromatic rings. The Kier molecular flexibility index (Phi) is 4.08. The molecule has 1 atom stereocenters. The summed E-state index contributed by atoms with van der Waals surface area (Å²) in [7, 11) is 0. The van der Waals surface area contributed by atoms with E-state index in [-0.39, 0.29) is 0 Å². The lowest BCUT2D eigenvalue weighted by Crippen LogP contribution is -2.27. The Bertz CT molecular complexity index is 354. The van der Waals surface area contributed by atoms with E-state index >= 15 is 0 Å². The normalized spacial score (nSPS) is 19.0. The van der Waals surface area contributed by atoms with Crippen molar-refractivity contribution in [1.29, 1.82) is 0 Å². The minimum absolute atomic E-state index is 0.397. The van der Waals surface area contributed by atoms with Crippen LogP contribution in [0.5, 0.6) is 5.75 Å². The maximum Gasteiger partial charge on any atom is 0.142 e. The summed E-state index contributed by atoms with van der Waals surface area (Å²) in [5.41, 5.74) is 1.20. The molecule has 0 saturated carbocycles. The quantitative estimate of drug-likeness (QED) is 0.812. The van der Waals surface area contributed by atoms with Gasteiger partial charge < -0.3 is 10.1 Å². The van der Waals surface area contributed by atoms with Crippen molar-refractivity contribution in [2.75, 3.05) is 13.2 Å². The molecule has 0 aromatic heterocycles. The fraction of sp³-hybridized carbons (Fsp3) is 0.538. The van der Waals surface area contributed by atoms with Crippen LogP contribution in [0.1, 0.15) is 37.8 Å². The monoisotopic (exact) mass is 239 g/mol. The van der Waals surface area contributed by atoms with Crippen molar-refractivity contribution in [3.8, 4) is 5.75 Å². The van der Waals surface area contributed by atoms with E-state index in [0.29, 0.717) is 6.04 Å². The van der Waals surface area contributed by atoms with Crippen LogP contribution < -0.4 is 10.1 Å². The maximum atomic E-state index is 6.12. The van der Waals surface area contributed by atoms with Crippen LogP contribution in [0.25, 0.3) is 0 Å². The van der Waals surface area contributed by atoms with Crippen LogP contribution in [-0.2, 0) is 0 Å². The number of rotatable bonds is 4. The van der Waals surface area contributed by atoms with Crippen molar-refractivity contribution < 1.29 is 4.74 Å². The van der Waals surface area contributed by atoms with Crippen LogP contribution in [-0.4, -0.2) is 13.2 Å². The Morgan fingerprint density at radius 2 is 2.38 bits per heavy atom. The predicted octanol–water partition coefficient (Wildman–Crippen LogP) is 3.55. The smallest absolute Gasteiger partial charge is 0.142 e. The lowest BCUT2D eigenvalue weighted by Gasteiger charge is -2.27. The van der Waals surface area contributed by atoms with Gasteiger partial charge in [0.1, 0.15) is 5.75 Å². The van der Waals surface area contributed by atoms with Gasteiger partial charge in [-0.25, -0.2) is 0 Å². The molecular formula is C13H18ClNO. The molecule has 1 N–H and O–H groups in total. The van der Waals surface area contributed by atoms with Crippen LogP contribution in [0.2, 0.25) is 5.02 Å². The van der Waals surface area contributed by atoms with Crippen LogP contribution >= 0.6 is 11.6 Å². The largest absolute Gasteiger partial charge is 0.492 e. The standard InChI is InChI=1S/C13H18ClNO/c1-2-3-8-15-12-7-9-16-13-10(12)5-4-6-11(13)14/h4-6,12,15H,2-3,7-9H2,1H3. The molecule has 3 heteroatoms. The van der Waals surface area contributed by atoms with Gasteiger partial charge in [-0.3, -0.25) is 0 Å². The molecule has 2 nitrogen and oxygen atoms in total. The Hall–Kier alpha value is -0.730. The van der Waals surface area contributed by atoms with E-state index in [1.54, 1.807) is 0 Å². The van der Waals surface area contributed by atoms with E-state index in [9.17, 15) is 0 Å². The lowest BCUT2D eigenvalue weighted by molar-refractivity contribution is 0.253. The highest BCUT2D eigenvalue weighted by molar-refractivity contribution is 6.32. The van der Waals surface area contributed by atoms with Crippen molar-refractivity contribution in [2.45, 2.75) is 32.2 Å². The molecule has 0 bridgehead atoms. The van der Waals surface area contributed by atoms with Crippen molar-refractivity contribution in [1.82, 2.24) is 5.32 Å². The molecule has 2 rings (SSSR count). The highest BCUT2D eigenvalue weighted by Gasteiger charge is 2.22. The third kappa shape index (κ3) is 2.50. The number of para-hydroxylation sites is 1. The van der Waals surface area contributed by atoms with Crippen LogP contribution in [0, 0.1) is 0 Å². The molecule has 0 spiro atoms. The van der Waals surface area contributed by atoms with E-state index in [2.05, 4.69) is 18.3 Å². The first kappa shape index (κ1) is 11.7. The molecule has 1 aliphatic rings. The molecule has 16 heavy (non-hydrogen) atoms. The summed E-state index contributed by atoms with van der Waals surface area (Å²) in [6.45, 7) is 4.02. The fourth-order valence-corrected chi connectivity index (χ4v) is 2.29. The fourth-order valence-electron chi connectivity index (χ4n) is 2.05. The maximum absolute atomic E-state index is 6.12. The Balaban J connectivity index is 2.10. The van der Waals surface area contributed by atoms with E-state index in [1.165, 1.54) is 18.4 Å². The van der Waals surface area contributed by atoms with Gasteiger partial charge in [-0.1, -0.05) is 37.1 Å². The third-order valence-electron chi connectivity index (χ3n) is 2.95. The first-order valence-electron chi connectivity index (χ1n) is 5.97. The number of halogens is 1. The highest BCUT2D eigenvalue weighted by atomic mass is 35.5. The van der Waals surface area contributed by atoms with Crippen LogP contribution in [0.15, 0.2) is 18.2 Å². The first-order valence-corrected chi connectivity index (χ1v) is 6.35. The van der Waals surface area contributed by atoms with Gasteiger partial charge in [-0.2, -0.15) is 0 Å². The molecule has 0 saturated heterocycles. The minimum Gasteiger partial charge on any atom is -0.492 e. The topological polar surface area (TPSA) is 21.3 Å². The molecule has 1 unspecified atom stereocenters. The number of nitrogens with one attached hydrogen (secondary N) is 1. The highest BCUT2D eigenvalue weighted by Crippen LogP contribution is 2.37. The van der Waals surface area contributed by atoms with E-state index in [1.807, 2.05) is 12.1 Å². The van der Waals surface area contributed by atoms with Gasteiger partial charge in [0.25, 0.3) is 0 Å². The summed E-state index contributed by atoms with van der Waals surface area (Å²) >= 11 is 6.12. The zero-order valence-corrected chi connectivity index (χ0v) is 10.4. The number of unbranched alkanes of at least 4 members (excludes halogenated alkanes) is 1. The number of benzene rings is 1. The number of hydrogen-bond donors (Lipinski definition) is 1. The van der Waals surface area contributed by atoms with Crippen molar-refractivity contribution in [3.63, 3.8) is 0 Å². The lowest BCUT2D eigenvalue weighted by atomic mass is 10.0. The summed E-state index contributed by atoms with van der Waals surface area (Å²) in [5.74, 6) is 0.865. The second kappa shape index (κ2) is 5.55. The Morgan fingerprint density at radius 3 is 3.19 bits per heavy atom. The average Bonchev–Trinajstić information content (AvgIpc) is 2.31. The summed E-state index contributed by atoms with van der Waals surface area (Å²) in [6.07, 6.45) is 3.46. The molecule has 1 heterocycles. The molecule has 1 aromatic carbocycles. The zero-order chi connectivity index (χ0) is 11.4. The summed E-state index contributed by atoms with van der Waals surface area (Å²) in [4.78, 5) is 0. The van der Waals surface area contributed by atoms with Gasteiger partial charge >= 0.3 is 0 Å². The summed E-state index contributed by atoms with van der Waals surface area (Å²) < 4.78 is 5.62. The van der Waals surface area contributed by atoms with Gasteiger partial charge in [0, 0.05) is 18.0 Å². The van der Waals surface area contributed by atoms with Crippen molar-refractivity contribution >= 4 is 11.6 Å².